The lowest BCUT2D eigenvalue weighted by Crippen LogP contribution is -2.37. The van der Waals surface area contributed by atoms with Gasteiger partial charge in [-0.2, -0.15) is 5.10 Å². The SMILES string of the molecule is O=C(CCNC(=O)NCc1nc2c(cnn2-c2ccccc2)c(=O)[nH]1)Nc1ccccc1. The van der Waals surface area contributed by atoms with E-state index in [0.717, 1.165) is 5.69 Å². The Labute approximate surface area is 182 Å². The number of rotatable bonds is 7. The number of urea groups is 1. The number of H-pyrrole nitrogens is 1. The zero-order valence-electron chi connectivity index (χ0n) is 17.0. The number of carbonyl (C=O) groups is 2. The van der Waals surface area contributed by atoms with Crippen molar-refractivity contribution in [3.05, 3.63) is 83.0 Å². The summed E-state index contributed by atoms with van der Waals surface area (Å²) in [6.07, 6.45) is 1.58. The smallest absolute Gasteiger partial charge is 0.315 e. The Bertz CT molecular complexity index is 1280. The molecule has 0 aliphatic carbocycles. The standard InChI is InChI=1S/C22H21N7O3/c30-19(26-15-7-3-1-4-8-15)11-12-23-22(32)24-14-18-27-20-17(21(31)28-18)13-25-29(20)16-9-5-2-6-10-16/h1-10,13H,11-12,14H2,(H,26,30)(H2,23,24,32)(H,27,28,31). The summed E-state index contributed by atoms with van der Waals surface area (Å²) >= 11 is 0. The second-order valence-electron chi connectivity index (χ2n) is 6.92. The van der Waals surface area contributed by atoms with Crippen molar-refractivity contribution >= 4 is 28.7 Å². The summed E-state index contributed by atoms with van der Waals surface area (Å²) in [4.78, 5) is 43.4. The summed E-state index contributed by atoms with van der Waals surface area (Å²) in [5, 5.41) is 12.6. The Kier molecular flexibility index (Phi) is 6.21. The van der Waals surface area contributed by atoms with Crippen LogP contribution in [0.4, 0.5) is 10.5 Å². The number of aromatic nitrogens is 4. The molecule has 0 atom stereocenters. The minimum atomic E-state index is -0.475. The quantitative estimate of drug-likeness (QED) is 0.355. The highest BCUT2D eigenvalue weighted by Crippen LogP contribution is 2.13. The topological polar surface area (TPSA) is 134 Å². The van der Waals surface area contributed by atoms with E-state index in [4.69, 9.17) is 0 Å². The number of amides is 3. The van der Waals surface area contributed by atoms with Gasteiger partial charge in [0.15, 0.2) is 5.65 Å². The van der Waals surface area contributed by atoms with Gasteiger partial charge in [-0.15, -0.1) is 0 Å². The molecule has 32 heavy (non-hydrogen) atoms. The number of carbonyl (C=O) groups excluding carboxylic acids is 2. The normalized spacial score (nSPS) is 10.6. The van der Waals surface area contributed by atoms with E-state index in [1.807, 2.05) is 48.5 Å². The second kappa shape index (κ2) is 9.56. The number of hydrogen-bond acceptors (Lipinski definition) is 5. The predicted molar refractivity (Wildman–Crippen MR) is 119 cm³/mol. The number of anilines is 1. The van der Waals surface area contributed by atoms with Gasteiger partial charge in [0.05, 0.1) is 18.4 Å². The van der Waals surface area contributed by atoms with Gasteiger partial charge < -0.3 is 20.9 Å². The van der Waals surface area contributed by atoms with E-state index in [-0.39, 0.29) is 36.8 Å². The monoisotopic (exact) mass is 431 g/mol. The first kappa shape index (κ1) is 20.8. The summed E-state index contributed by atoms with van der Waals surface area (Å²) < 4.78 is 1.57. The molecule has 2 aromatic heterocycles. The van der Waals surface area contributed by atoms with Crippen molar-refractivity contribution in [3.8, 4) is 5.69 Å². The molecule has 0 aliphatic heterocycles. The van der Waals surface area contributed by atoms with Crippen LogP contribution < -0.4 is 21.5 Å². The van der Waals surface area contributed by atoms with E-state index < -0.39 is 6.03 Å². The van der Waals surface area contributed by atoms with Gasteiger partial charge in [0, 0.05) is 18.7 Å². The molecule has 0 saturated heterocycles. The first-order valence-electron chi connectivity index (χ1n) is 9.99. The lowest BCUT2D eigenvalue weighted by atomic mass is 10.3. The average molecular weight is 431 g/mol. The van der Waals surface area contributed by atoms with Crippen molar-refractivity contribution < 1.29 is 9.59 Å². The van der Waals surface area contributed by atoms with Crippen molar-refractivity contribution in [1.82, 2.24) is 30.4 Å². The van der Waals surface area contributed by atoms with Crippen molar-refractivity contribution in [2.24, 2.45) is 0 Å². The largest absolute Gasteiger partial charge is 0.338 e. The minimum Gasteiger partial charge on any atom is -0.338 e. The average Bonchev–Trinajstić information content (AvgIpc) is 3.23. The molecule has 162 valence electrons. The number of aromatic amines is 1. The number of fused-ring (bicyclic) bond motifs is 1. The second-order valence-corrected chi connectivity index (χ2v) is 6.92. The zero-order chi connectivity index (χ0) is 22.3. The van der Waals surface area contributed by atoms with Crippen molar-refractivity contribution in [2.45, 2.75) is 13.0 Å². The van der Waals surface area contributed by atoms with Gasteiger partial charge in [-0.05, 0) is 24.3 Å². The Morgan fingerprint density at radius 2 is 1.69 bits per heavy atom. The number of nitrogens with zero attached hydrogens (tertiary/aromatic N) is 3. The lowest BCUT2D eigenvalue weighted by Gasteiger charge is -2.08. The molecule has 0 bridgehead atoms. The molecule has 0 fully saturated rings. The first-order valence-corrected chi connectivity index (χ1v) is 9.99. The van der Waals surface area contributed by atoms with Crippen LogP contribution in [0.3, 0.4) is 0 Å². The van der Waals surface area contributed by atoms with Gasteiger partial charge in [-0.1, -0.05) is 36.4 Å². The van der Waals surface area contributed by atoms with Crippen LogP contribution in [0, 0.1) is 0 Å². The number of nitrogens with one attached hydrogen (secondary N) is 4. The number of para-hydroxylation sites is 2. The van der Waals surface area contributed by atoms with E-state index in [9.17, 15) is 14.4 Å². The van der Waals surface area contributed by atoms with Crippen LogP contribution in [0.1, 0.15) is 12.2 Å². The molecule has 0 spiro atoms. The molecule has 3 amide bonds. The molecule has 2 heterocycles. The fourth-order valence-electron chi connectivity index (χ4n) is 3.07. The Morgan fingerprint density at radius 3 is 2.44 bits per heavy atom. The Hall–Kier alpha value is -4.47. The van der Waals surface area contributed by atoms with Crippen LogP contribution in [0.2, 0.25) is 0 Å². The molecule has 10 heteroatoms. The van der Waals surface area contributed by atoms with Crippen LogP contribution in [0.5, 0.6) is 0 Å². The van der Waals surface area contributed by atoms with E-state index in [2.05, 4.69) is 31.0 Å². The summed E-state index contributed by atoms with van der Waals surface area (Å²) in [5.41, 5.74) is 1.52. The van der Waals surface area contributed by atoms with E-state index >= 15 is 0 Å². The zero-order valence-corrected chi connectivity index (χ0v) is 17.0. The van der Waals surface area contributed by atoms with Gasteiger partial charge >= 0.3 is 6.03 Å². The summed E-state index contributed by atoms with van der Waals surface area (Å²) in [6.45, 7) is 0.168. The van der Waals surface area contributed by atoms with Crippen LogP contribution in [0.25, 0.3) is 16.7 Å². The van der Waals surface area contributed by atoms with Crippen LogP contribution in [-0.2, 0) is 11.3 Å². The maximum Gasteiger partial charge on any atom is 0.315 e. The summed E-state index contributed by atoms with van der Waals surface area (Å²) in [5.74, 6) is 0.0827. The van der Waals surface area contributed by atoms with Crippen molar-refractivity contribution in [1.29, 1.82) is 0 Å². The molecule has 4 rings (SSSR count). The highest BCUT2D eigenvalue weighted by Gasteiger charge is 2.12. The highest BCUT2D eigenvalue weighted by molar-refractivity contribution is 5.91. The van der Waals surface area contributed by atoms with Crippen LogP contribution in [0.15, 0.2) is 71.7 Å². The number of hydrogen-bond donors (Lipinski definition) is 4. The fraction of sp³-hybridized carbons (Fsp3) is 0.136. The van der Waals surface area contributed by atoms with Gasteiger partial charge in [0.1, 0.15) is 11.2 Å². The third kappa shape index (κ3) is 4.98. The summed E-state index contributed by atoms with van der Waals surface area (Å²) in [7, 11) is 0. The first-order chi connectivity index (χ1) is 15.6. The molecule has 10 nitrogen and oxygen atoms in total. The molecule has 4 N–H and O–H groups in total. The van der Waals surface area contributed by atoms with Crippen LogP contribution in [-0.4, -0.2) is 38.2 Å². The molecule has 2 aromatic carbocycles. The highest BCUT2D eigenvalue weighted by atomic mass is 16.2. The molecule has 0 radical (unpaired) electrons. The van der Waals surface area contributed by atoms with Crippen molar-refractivity contribution in [2.75, 3.05) is 11.9 Å². The van der Waals surface area contributed by atoms with Crippen molar-refractivity contribution in [3.63, 3.8) is 0 Å². The minimum absolute atomic E-state index is 0.00714. The van der Waals surface area contributed by atoms with Gasteiger partial charge in [-0.25, -0.2) is 14.5 Å². The predicted octanol–water partition coefficient (Wildman–Crippen LogP) is 1.94. The number of benzene rings is 2. The van der Waals surface area contributed by atoms with E-state index in [1.54, 1.807) is 16.8 Å². The summed E-state index contributed by atoms with van der Waals surface area (Å²) in [6, 6.07) is 17.9. The van der Waals surface area contributed by atoms with Gasteiger partial charge in [0.2, 0.25) is 5.91 Å². The Balaban J connectivity index is 1.32. The third-order valence-electron chi connectivity index (χ3n) is 4.60. The van der Waals surface area contributed by atoms with E-state index in [0.29, 0.717) is 16.7 Å². The molecule has 0 aliphatic rings. The fourth-order valence-corrected chi connectivity index (χ4v) is 3.07. The van der Waals surface area contributed by atoms with Gasteiger partial charge in [-0.3, -0.25) is 9.59 Å². The molecular formula is C22H21N7O3. The maximum absolute atomic E-state index is 12.4. The van der Waals surface area contributed by atoms with Crippen LogP contribution >= 0.6 is 0 Å². The molecular weight excluding hydrogens is 410 g/mol. The Morgan fingerprint density at radius 1 is 0.969 bits per heavy atom. The molecule has 4 aromatic rings. The van der Waals surface area contributed by atoms with Gasteiger partial charge in [0.25, 0.3) is 5.56 Å². The molecule has 0 unspecified atom stereocenters. The maximum atomic E-state index is 12.4. The molecule has 0 saturated carbocycles. The third-order valence-corrected chi connectivity index (χ3v) is 4.60. The lowest BCUT2D eigenvalue weighted by molar-refractivity contribution is -0.116. The van der Waals surface area contributed by atoms with E-state index in [1.165, 1.54) is 6.20 Å².